The van der Waals surface area contributed by atoms with Crippen LogP contribution in [0, 0.1) is 13.8 Å². The van der Waals surface area contributed by atoms with Gasteiger partial charge in [0.05, 0.1) is 28.5 Å². The lowest BCUT2D eigenvalue weighted by molar-refractivity contribution is 0.587. The van der Waals surface area contributed by atoms with Crippen molar-refractivity contribution < 1.29 is 8.42 Å². The molecular formula is C22H26ClN3O2S. The quantitative estimate of drug-likeness (QED) is 0.596. The SMILES string of the molecule is Cc1nn(Cc2ccccc2Cl)c(C)c1NS(=O)(=O)c1ccc(C(C)(C)C)cc1. The Morgan fingerprint density at radius 1 is 1.03 bits per heavy atom. The first-order valence-corrected chi connectivity index (χ1v) is 11.3. The van der Waals surface area contributed by atoms with E-state index in [-0.39, 0.29) is 10.3 Å². The van der Waals surface area contributed by atoms with E-state index in [1.807, 2.05) is 43.3 Å². The molecule has 0 saturated carbocycles. The zero-order chi connectivity index (χ0) is 21.4. The molecule has 0 aliphatic rings. The van der Waals surface area contributed by atoms with E-state index in [1.165, 1.54) is 0 Å². The predicted octanol–water partition coefficient (Wildman–Crippen LogP) is 5.30. The molecule has 0 spiro atoms. The van der Waals surface area contributed by atoms with Gasteiger partial charge in [0.15, 0.2) is 0 Å². The van der Waals surface area contributed by atoms with Crippen molar-refractivity contribution in [1.82, 2.24) is 9.78 Å². The number of halogens is 1. The van der Waals surface area contributed by atoms with E-state index in [0.29, 0.717) is 22.9 Å². The average Bonchev–Trinajstić information content (AvgIpc) is 2.90. The van der Waals surface area contributed by atoms with Crippen molar-refractivity contribution >= 4 is 27.3 Å². The van der Waals surface area contributed by atoms with Crippen LogP contribution in [0.1, 0.15) is 43.3 Å². The van der Waals surface area contributed by atoms with Gasteiger partial charge in [0.2, 0.25) is 0 Å². The van der Waals surface area contributed by atoms with Crippen molar-refractivity contribution in [1.29, 1.82) is 0 Å². The van der Waals surface area contributed by atoms with Gasteiger partial charge in [0.1, 0.15) is 0 Å². The lowest BCUT2D eigenvalue weighted by Gasteiger charge is -2.19. The lowest BCUT2D eigenvalue weighted by Crippen LogP contribution is -2.15. The summed E-state index contributed by atoms with van der Waals surface area (Å²) in [5.41, 5.74) is 3.81. The number of sulfonamides is 1. The fourth-order valence-corrected chi connectivity index (χ4v) is 4.49. The highest BCUT2D eigenvalue weighted by Gasteiger charge is 2.21. The maximum absolute atomic E-state index is 12.9. The van der Waals surface area contributed by atoms with Crippen LogP contribution in [0.25, 0.3) is 0 Å². The highest BCUT2D eigenvalue weighted by Crippen LogP contribution is 2.27. The summed E-state index contributed by atoms with van der Waals surface area (Å²) in [5.74, 6) is 0. The minimum atomic E-state index is -3.72. The van der Waals surface area contributed by atoms with E-state index in [2.05, 4.69) is 30.6 Å². The Morgan fingerprint density at radius 2 is 1.66 bits per heavy atom. The Labute approximate surface area is 177 Å². The Bertz CT molecular complexity index is 1130. The lowest BCUT2D eigenvalue weighted by atomic mass is 9.87. The van der Waals surface area contributed by atoms with Crippen molar-refractivity contribution in [3.05, 3.63) is 76.1 Å². The van der Waals surface area contributed by atoms with Gasteiger partial charge >= 0.3 is 0 Å². The number of hydrogen-bond donors (Lipinski definition) is 1. The van der Waals surface area contributed by atoms with Gasteiger partial charge in [-0.25, -0.2) is 8.42 Å². The molecule has 2 aromatic carbocycles. The van der Waals surface area contributed by atoms with E-state index in [4.69, 9.17) is 11.6 Å². The molecule has 0 aliphatic heterocycles. The summed E-state index contributed by atoms with van der Waals surface area (Å²) in [6.45, 7) is 10.4. The second kappa shape index (κ2) is 7.84. The molecule has 29 heavy (non-hydrogen) atoms. The molecule has 0 radical (unpaired) electrons. The number of benzene rings is 2. The number of aryl methyl sites for hydroxylation is 1. The fourth-order valence-electron chi connectivity index (χ4n) is 3.11. The highest BCUT2D eigenvalue weighted by atomic mass is 35.5. The van der Waals surface area contributed by atoms with Crippen LogP contribution in [0.2, 0.25) is 5.02 Å². The van der Waals surface area contributed by atoms with Gasteiger partial charge in [-0.1, -0.05) is 62.7 Å². The molecule has 1 aromatic heterocycles. The van der Waals surface area contributed by atoms with Crippen LogP contribution >= 0.6 is 11.6 Å². The Kier molecular flexibility index (Phi) is 5.79. The standard InChI is InChI=1S/C22H26ClN3O2S/c1-15-21(16(2)26(24-15)14-17-8-6-7-9-20(17)23)25-29(27,28)19-12-10-18(11-13-19)22(3,4)5/h6-13,25H,14H2,1-5H3. The van der Waals surface area contributed by atoms with Gasteiger partial charge in [-0.2, -0.15) is 5.10 Å². The zero-order valence-corrected chi connectivity index (χ0v) is 18.9. The predicted molar refractivity (Wildman–Crippen MR) is 118 cm³/mol. The van der Waals surface area contributed by atoms with Gasteiger partial charge in [-0.05, 0) is 48.6 Å². The third-order valence-corrected chi connectivity index (χ3v) is 6.66. The minimum absolute atomic E-state index is 0.0389. The largest absolute Gasteiger partial charge is 0.276 e. The van der Waals surface area contributed by atoms with Crippen molar-refractivity contribution in [2.24, 2.45) is 0 Å². The second-order valence-electron chi connectivity index (χ2n) is 8.17. The van der Waals surface area contributed by atoms with E-state index in [9.17, 15) is 8.42 Å². The number of rotatable bonds is 5. The summed E-state index contributed by atoms with van der Waals surface area (Å²) in [7, 11) is -3.72. The number of nitrogens with one attached hydrogen (secondary N) is 1. The van der Waals surface area contributed by atoms with E-state index in [1.54, 1.807) is 23.7 Å². The van der Waals surface area contributed by atoms with Crippen LogP contribution in [0.4, 0.5) is 5.69 Å². The molecule has 0 fully saturated rings. The Morgan fingerprint density at radius 3 is 2.24 bits per heavy atom. The molecule has 1 heterocycles. The fraction of sp³-hybridized carbons (Fsp3) is 0.318. The summed E-state index contributed by atoms with van der Waals surface area (Å²) >= 11 is 6.25. The van der Waals surface area contributed by atoms with Gasteiger partial charge in [0.25, 0.3) is 10.0 Å². The van der Waals surface area contributed by atoms with Crippen molar-refractivity contribution in [2.75, 3.05) is 4.72 Å². The van der Waals surface area contributed by atoms with Gasteiger partial charge < -0.3 is 0 Å². The molecule has 0 atom stereocenters. The highest BCUT2D eigenvalue weighted by molar-refractivity contribution is 7.92. The molecule has 0 unspecified atom stereocenters. The van der Waals surface area contributed by atoms with Crippen LogP contribution in [-0.4, -0.2) is 18.2 Å². The summed E-state index contributed by atoms with van der Waals surface area (Å²) < 4.78 is 30.3. The van der Waals surface area contributed by atoms with Crippen molar-refractivity contribution in [2.45, 2.75) is 51.5 Å². The molecule has 0 bridgehead atoms. The number of anilines is 1. The maximum Gasteiger partial charge on any atom is 0.262 e. The van der Waals surface area contributed by atoms with Crippen LogP contribution in [0.5, 0.6) is 0 Å². The minimum Gasteiger partial charge on any atom is -0.276 e. The van der Waals surface area contributed by atoms with Crippen LogP contribution in [0.15, 0.2) is 53.4 Å². The third-order valence-electron chi connectivity index (χ3n) is 4.93. The molecule has 0 aliphatic carbocycles. The van der Waals surface area contributed by atoms with Crippen LogP contribution < -0.4 is 4.72 Å². The van der Waals surface area contributed by atoms with E-state index < -0.39 is 10.0 Å². The summed E-state index contributed by atoms with van der Waals surface area (Å²) in [6.07, 6.45) is 0. The Balaban J connectivity index is 1.88. The second-order valence-corrected chi connectivity index (χ2v) is 10.3. The van der Waals surface area contributed by atoms with E-state index >= 15 is 0 Å². The average molecular weight is 432 g/mol. The molecular weight excluding hydrogens is 406 g/mol. The zero-order valence-electron chi connectivity index (χ0n) is 17.3. The number of aromatic nitrogens is 2. The van der Waals surface area contributed by atoms with Crippen molar-refractivity contribution in [3.8, 4) is 0 Å². The molecule has 0 saturated heterocycles. The topological polar surface area (TPSA) is 64.0 Å². The monoisotopic (exact) mass is 431 g/mol. The first-order chi connectivity index (χ1) is 13.5. The van der Waals surface area contributed by atoms with Gasteiger partial charge in [0, 0.05) is 5.02 Å². The first kappa shape index (κ1) is 21.4. The molecule has 154 valence electrons. The van der Waals surface area contributed by atoms with Gasteiger partial charge in [-0.15, -0.1) is 0 Å². The number of nitrogens with zero attached hydrogens (tertiary/aromatic N) is 2. The summed E-state index contributed by atoms with van der Waals surface area (Å²) in [4.78, 5) is 0.225. The van der Waals surface area contributed by atoms with Gasteiger partial charge in [-0.3, -0.25) is 9.40 Å². The molecule has 5 nitrogen and oxygen atoms in total. The van der Waals surface area contributed by atoms with Crippen LogP contribution in [-0.2, 0) is 22.0 Å². The van der Waals surface area contributed by atoms with Crippen molar-refractivity contribution in [3.63, 3.8) is 0 Å². The van der Waals surface area contributed by atoms with E-state index in [0.717, 1.165) is 16.8 Å². The molecule has 3 rings (SSSR count). The molecule has 1 N–H and O–H groups in total. The molecule has 7 heteroatoms. The molecule has 3 aromatic rings. The number of hydrogen-bond acceptors (Lipinski definition) is 3. The normalized spacial score (nSPS) is 12.2. The maximum atomic E-state index is 12.9. The summed E-state index contributed by atoms with van der Waals surface area (Å²) in [5, 5.41) is 5.16. The smallest absolute Gasteiger partial charge is 0.262 e. The summed E-state index contributed by atoms with van der Waals surface area (Å²) in [6, 6.07) is 14.5. The third kappa shape index (κ3) is 4.65. The molecule has 0 amide bonds. The van der Waals surface area contributed by atoms with Crippen LogP contribution in [0.3, 0.4) is 0 Å². The first-order valence-electron chi connectivity index (χ1n) is 9.40. The Hall–Kier alpha value is -2.31.